The van der Waals surface area contributed by atoms with Gasteiger partial charge < -0.3 is 15.1 Å². The van der Waals surface area contributed by atoms with E-state index in [9.17, 15) is 0 Å². The highest BCUT2D eigenvalue weighted by Gasteiger charge is 2.15. The molecular formula is C14H27N5. The number of rotatable bonds is 8. The molecule has 1 heterocycles. The molecule has 0 unspecified atom stereocenters. The van der Waals surface area contributed by atoms with Crippen LogP contribution in [0.3, 0.4) is 0 Å². The van der Waals surface area contributed by atoms with Crippen molar-refractivity contribution in [3.8, 4) is 0 Å². The molecule has 0 atom stereocenters. The topological polar surface area (TPSA) is 44.3 Å². The first-order valence-electron chi connectivity index (χ1n) is 7.05. The molecule has 0 saturated heterocycles. The van der Waals surface area contributed by atoms with Gasteiger partial charge in [0.2, 0.25) is 0 Å². The summed E-state index contributed by atoms with van der Waals surface area (Å²) >= 11 is 0. The predicted molar refractivity (Wildman–Crippen MR) is 82.0 cm³/mol. The molecule has 1 rings (SSSR count). The van der Waals surface area contributed by atoms with E-state index in [0.717, 1.165) is 44.1 Å². The molecule has 0 aliphatic rings. The summed E-state index contributed by atoms with van der Waals surface area (Å²) in [7, 11) is 6.11. The van der Waals surface area contributed by atoms with Crippen molar-refractivity contribution < 1.29 is 0 Å². The lowest BCUT2D eigenvalue weighted by atomic mass is 10.2. The van der Waals surface area contributed by atoms with Crippen LogP contribution in [-0.2, 0) is 6.42 Å². The van der Waals surface area contributed by atoms with Gasteiger partial charge in [0.05, 0.1) is 0 Å². The third kappa shape index (κ3) is 4.35. The molecule has 19 heavy (non-hydrogen) atoms. The van der Waals surface area contributed by atoms with Crippen LogP contribution in [0.2, 0.25) is 0 Å². The Morgan fingerprint density at radius 1 is 1.11 bits per heavy atom. The second-order valence-corrected chi connectivity index (χ2v) is 4.92. The van der Waals surface area contributed by atoms with Crippen molar-refractivity contribution in [2.24, 2.45) is 0 Å². The number of anilines is 2. The summed E-state index contributed by atoms with van der Waals surface area (Å²) in [5.41, 5.74) is 1.21. The summed E-state index contributed by atoms with van der Waals surface area (Å²) in [5, 5.41) is 3.16. The number of nitrogens with zero attached hydrogens (tertiary/aromatic N) is 4. The maximum Gasteiger partial charge on any atom is 0.137 e. The van der Waals surface area contributed by atoms with Crippen molar-refractivity contribution >= 4 is 11.6 Å². The van der Waals surface area contributed by atoms with Gasteiger partial charge in [0.25, 0.3) is 0 Å². The van der Waals surface area contributed by atoms with Crippen LogP contribution >= 0.6 is 0 Å². The van der Waals surface area contributed by atoms with E-state index in [-0.39, 0.29) is 0 Å². The Labute approximate surface area is 117 Å². The lowest BCUT2D eigenvalue weighted by Crippen LogP contribution is -2.33. The van der Waals surface area contributed by atoms with Gasteiger partial charge in [0.15, 0.2) is 0 Å². The highest BCUT2D eigenvalue weighted by Crippen LogP contribution is 2.23. The van der Waals surface area contributed by atoms with E-state index in [1.807, 2.05) is 7.05 Å². The Balaban J connectivity index is 3.00. The molecule has 5 heteroatoms. The van der Waals surface area contributed by atoms with Gasteiger partial charge in [-0.2, -0.15) is 0 Å². The fraction of sp³-hybridized carbons (Fsp3) is 0.714. The molecule has 0 saturated carbocycles. The largest absolute Gasteiger partial charge is 0.373 e. The molecule has 0 spiro atoms. The van der Waals surface area contributed by atoms with Gasteiger partial charge in [-0.1, -0.05) is 13.8 Å². The molecule has 108 valence electrons. The minimum Gasteiger partial charge on any atom is -0.373 e. The van der Waals surface area contributed by atoms with Gasteiger partial charge in [0.1, 0.15) is 18.0 Å². The number of hydrogen-bond donors (Lipinski definition) is 1. The zero-order valence-electron chi connectivity index (χ0n) is 12.9. The second kappa shape index (κ2) is 7.94. The Kier molecular flexibility index (Phi) is 6.56. The van der Waals surface area contributed by atoms with Crippen molar-refractivity contribution in [2.45, 2.75) is 26.7 Å². The van der Waals surface area contributed by atoms with Gasteiger partial charge >= 0.3 is 0 Å². The molecule has 0 amide bonds. The van der Waals surface area contributed by atoms with E-state index in [1.54, 1.807) is 6.33 Å². The molecule has 5 nitrogen and oxygen atoms in total. The van der Waals surface area contributed by atoms with E-state index in [2.05, 4.69) is 53.0 Å². The Morgan fingerprint density at radius 3 is 2.37 bits per heavy atom. The smallest absolute Gasteiger partial charge is 0.137 e. The van der Waals surface area contributed by atoms with E-state index in [1.165, 1.54) is 5.56 Å². The summed E-state index contributed by atoms with van der Waals surface area (Å²) in [6, 6.07) is 0. The van der Waals surface area contributed by atoms with Crippen molar-refractivity contribution in [1.82, 2.24) is 14.9 Å². The molecule has 0 radical (unpaired) electrons. The summed E-state index contributed by atoms with van der Waals surface area (Å²) in [4.78, 5) is 13.4. The zero-order chi connectivity index (χ0) is 14.3. The number of hydrogen-bond acceptors (Lipinski definition) is 5. The third-order valence-electron chi connectivity index (χ3n) is 3.12. The zero-order valence-corrected chi connectivity index (χ0v) is 12.9. The maximum atomic E-state index is 4.51. The quantitative estimate of drug-likeness (QED) is 0.777. The van der Waals surface area contributed by atoms with Crippen LogP contribution in [0.4, 0.5) is 11.6 Å². The minimum atomic E-state index is 0.939. The number of likely N-dealkylation sites (N-methyl/N-ethyl adjacent to an activating group) is 1. The fourth-order valence-corrected chi connectivity index (χ4v) is 2.13. The Hall–Kier alpha value is -1.36. The van der Waals surface area contributed by atoms with Gasteiger partial charge in [-0.05, 0) is 26.9 Å². The SMILES string of the molecule is CCCN(CCN(C)C)c1ncnc(NC)c1CC. The Morgan fingerprint density at radius 2 is 1.84 bits per heavy atom. The lowest BCUT2D eigenvalue weighted by Gasteiger charge is -2.27. The van der Waals surface area contributed by atoms with Crippen molar-refractivity contribution in [3.63, 3.8) is 0 Å². The van der Waals surface area contributed by atoms with E-state index in [4.69, 9.17) is 0 Å². The third-order valence-corrected chi connectivity index (χ3v) is 3.12. The van der Waals surface area contributed by atoms with Gasteiger partial charge in [-0.3, -0.25) is 0 Å². The van der Waals surface area contributed by atoms with E-state index in [0.29, 0.717) is 0 Å². The monoisotopic (exact) mass is 265 g/mol. The summed E-state index contributed by atoms with van der Waals surface area (Å²) in [6.07, 6.45) is 3.71. The van der Waals surface area contributed by atoms with Crippen LogP contribution < -0.4 is 10.2 Å². The molecule has 1 aromatic heterocycles. The van der Waals surface area contributed by atoms with Gasteiger partial charge in [-0.15, -0.1) is 0 Å². The molecule has 1 N–H and O–H groups in total. The van der Waals surface area contributed by atoms with Crippen LogP contribution in [0.1, 0.15) is 25.8 Å². The van der Waals surface area contributed by atoms with Crippen LogP contribution in [0, 0.1) is 0 Å². The predicted octanol–water partition coefficient (Wildman–Crippen LogP) is 1.86. The minimum absolute atomic E-state index is 0.939. The van der Waals surface area contributed by atoms with Crippen molar-refractivity contribution in [1.29, 1.82) is 0 Å². The Bertz CT molecular complexity index is 378. The number of nitrogens with one attached hydrogen (secondary N) is 1. The highest BCUT2D eigenvalue weighted by atomic mass is 15.2. The molecule has 0 aromatic carbocycles. The second-order valence-electron chi connectivity index (χ2n) is 4.92. The summed E-state index contributed by atoms with van der Waals surface area (Å²) < 4.78 is 0. The molecule has 0 fully saturated rings. The maximum absolute atomic E-state index is 4.51. The summed E-state index contributed by atoms with van der Waals surface area (Å²) in [5.74, 6) is 2.02. The summed E-state index contributed by atoms with van der Waals surface area (Å²) in [6.45, 7) is 7.41. The van der Waals surface area contributed by atoms with E-state index < -0.39 is 0 Å². The standard InChI is InChI=1S/C14H27N5/c1-6-8-19(10-9-18(4)5)14-12(7-2)13(15-3)16-11-17-14/h11H,6-10H2,1-5H3,(H,15,16,17). The van der Waals surface area contributed by atoms with Crippen LogP contribution in [0.15, 0.2) is 6.33 Å². The normalized spacial score (nSPS) is 10.8. The van der Waals surface area contributed by atoms with E-state index >= 15 is 0 Å². The highest BCUT2D eigenvalue weighted by molar-refractivity contribution is 5.58. The fourth-order valence-electron chi connectivity index (χ4n) is 2.13. The molecular weight excluding hydrogens is 238 g/mol. The average Bonchev–Trinajstić information content (AvgIpc) is 2.42. The van der Waals surface area contributed by atoms with Gasteiger partial charge in [0, 0.05) is 32.2 Å². The number of aromatic nitrogens is 2. The first-order valence-corrected chi connectivity index (χ1v) is 7.05. The molecule has 0 aliphatic carbocycles. The molecule has 1 aromatic rings. The van der Waals surface area contributed by atoms with Crippen molar-refractivity contribution in [3.05, 3.63) is 11.9 Å². The van der Waals surface area contributed by atoms with Crippen LogP contribution in [-0.4, -0.2) is 55.6 Å². The first kappa shape index (κ1) is 15.7. The van der Waals surface area contributed by atoms with Crippen molar-refractivity contribution in [2.75, 3.05) is 51.0 Å². The molecule has 0 aliphatic heterocycles. The van der Waals surface area contributed by atoms with Crippen LogP contribution in [0.5, 0.6) is 0 Å². The van der Waals surface area contributed by atoms with Crippen LogP contribution in [0.25, 0.3) is 0 Å². The molecule has 0 bridgehead atoms. The lowest BCUT2D eigenvalue weighted by molar-refractivity contribution is 0.412. The van der Waals surface area contributed by atoms with Gasteiger partial charge in [-0.25, -0.2) is 9.97 Å². The average molecular weight is 265 g/mol. The first-order chi connectivity index (χ1) is 9.13.